The summed E-state index contributed by atoms with van der Waals surface area (Å²) in [5, 5.41) is 25.7. The number of ether oxygens (including phenoxy) is 3. The average Bonchev–Trinajstić information content (AvgIpc) is 3.72. The van der Waals surface area contributed by atoms with Gasteiger partial charge in [0.15, 0.2) is 6.29 Å². The van der Waals surface area contributed by atoms with Gasteiger partial charge in [0.05, 0.1) is 49.7 Å². The third-order valence-corrected chi connectivity index (χ3v) is 17.0. The van der Waals surface area contributed by atoms with Crippen molar-refractivity contribution in [1.82, 2.24) is 9.80 Å². The highest BCUT2D eigenvalue weighted by Crippen LogP contribution is 2.90. The highest BCUT2D eigenvalue weighted by molar-refractivity contribution is 5.76. The van der Waals surface area contributed by atoms with Crippen LogP contribution in [-0.2, 0) is 30.3 Å². The fourth-order valence-corrected chi connectivity index (χ4v) is 14.4. The van der Waals surface area contributed by atoms with Crippen LogP contribution in [0.2, 0.25) is 0 Å². The van der Waals surface area contributed by atoms with E-state index in [-0.39, 0.29) is 77.7 Å². The Morgan fingerprint density at radius 3 is 2.48 bits per heavy atom. The van der Waals surface area contributed by atoms with Gasteiger partial charge in [0.1, 0.15) is 11.6 Å². The molecule has 4 N–H and O–H groups in total. The van der Waals surface area contributed by atoms with Crippen molar-refractivity contribution in [2.75, 3.05) is 32.8 Å². The van der Waals surface area contributed by atoms with Crippen LogP contribution < -0.4 is 5.73 Å². The van der Waals surface area contributed by atoms with Gasteiger partial charge in [0.2, 0.25) is 11.8 Å². The summed E-state index contributed by atoms with van der Waals surface area (Å²) in [5.74, 6) is -1.35. The number of nitrogens with zero attached hydrogens (tertiary/aromatic N) is 2. The van der Waals surface area contributed by atoms with Crippen molar-refractivity contribution in [2.45, 2.75) is 136 Å². The number of benzene rings is 1. The van der Waals surface area contributed by atoms with E-state index in [1.165, 1.54) is 19.1 Å². The number of carbonyl (C=O) groups is 2. The number of halogens is 2. The number of amides is 2. The van der Waals surface area contributed by atoms with Crippen LogP contribution in [0.25, 0.3) is 0 Å². The first-order valence-electron chi connectivity index (χ1n) is 20.4. The molecule has 0 radical (unpaired) electrons. The molecular formula is C42H61F2N3O7. The molecule has 12 heteroatoms. The molecule has 0 bridgehead atoms. The van der Waals surface area contributed by atoms with Crippen LogP contribution in [0.4, 0.5) is 8.78 Å². The fraction of sp³-hybridized carbons (Fsp3) is 0.810. The minimum atomic E-state index is -0.947. The Balaban J connectivity index is 1.01. The fourth-order valence-electron chi connectivity index (χ4n) is 14.4. The molecular weight excluding hydrogens is 696 g/mol. The van der Waals surface area contributed by atoms with E-state index in [2.05, 4.69) is 34.6 Å². The minimum absolute atomic E-state index is 0.0730. The Labute approximate surface area is 318 Å². The van der Waals surface area contributed by atoms with Crippen molar-refractivity contribution < 1.29 is 42.8 Å². The standard InChI is InChI=1S/C42H61F2N3O7/c1-24-15-29(20-47(25(2)48)19-26-16-27(43)18-28(44)17-26)53-35-34(24)38(5)11-12-40-23-41(40)9-8-31(54-33-22-46(13-14-52-33)21-32(45)49)37(3,4)42(41,51)10-7-30(40)39(38,6)36(35)50/h16-18,24,29-31,33-36,50-51H,7-15,19-23H2,1-6H3,(H2,45,49)/t24-,29?,30?,31?,33?,34+,35?,36+,38?,39-,40?,41?,42-/m1/s1. The van der Waals surface area contributed by atoms with Crippen molar-refractivity contribution in [3.05, 3.63) is 35.4 Å². The molecule has 2 amide bonds. The minimum Gasteiger partial charge on any atom is -0.390 e. The summed E-state index contributed by atoms with van der Waals surface area (Å²) in [6, 6.07) is 3.34. The van der Waals surface area contributed by atoms with E-state index < -0.39 is 46.6 Å². The predicted molar refractivity (Wildman–Crippen MR) is 195 cm³/mol. The van der Waals surface area contributed by atoms with E-state index in [0.717, 1.165) is 51.0 Å². The van der Waals surface area contributed by atoms with Crippen LogP contribution in [0, 0.1) is 56.5 Å². The van der Waals surface area contributed by atoms with Gasteiger partial charge in [-0.05, 0) is 97.6 Å². The summed E-state index contributed by atoms with van der Waals surface area (Å²) in [6.45, 7) is 14.8. The average molecular weight is 758 g/mol. The normalized spacial score (nSPS) is 46.3. The number of morpholine rings is 1. The molecule has 300 valence electrons. The lowest BCUT2D eigenvalue weighted by atomic mass is 9.40. The highest BCUT2D eigenvalue weighted by atomic mass is 19.1. The molecule has 13 atom stereocenters. The van der Waals surface area contributed by atoms with Gasteiger partial charge in [0.25, 0.3) is 0 Å². The monoisotopic (exact) mass is 757 g/mol. The van der Waals surface area contributed by atoms with Crippen LogP contribution in [0.1, 0.15) is 98.5 Å². The van der Waals surface area contributed by atoms with E-state index in [1.54, 1.807) is 4.90 Å². The first kappa shape index (κ1) is 38.6. The van der Waals surface area contributed by atoms with Crippen LogP contribution in [0.5, 0.6) is 0 Å². The molecule has 54 heavy (non-hydrogen) atoms. The van der Waals surface area contributed by atoms with Crippen molar-refractivity contribution in [1.29, 1.82) is 0 Å². The number of aliphatic hydroxyl groups is 2. The van der Waals surface area contributed by atoms with E-state index in [0.29, 0.717) is 31.7 Å². The Bertz CT molecular complexity index is 1660. The highest BCUT2D eigenvalue weighted by Gasteiger charge is 2.88. The summed E-state index contributed by atoms with van der Waals surface area (Å²) in [5.41, 5.74) is 3.39. The Hall–Kier alpha value is -2.22. The van der Waals surface area contributed by atoms with Gasteiger partial charge in [-0.25, -0.2) is 8.78 Å². The number of rotatable bonds is 8. The van der Waals surface area contributed by atoms with Crippen LogP contribution in [0.3, 0.4) is 0 Å². The SMILES string of the molecule is CC(=O)N(Cc1cc(F)cc(F)c1)CC1C[C@@H](C)[C@H]2C(O1)[C@H](O)[C@@]1(C)C3CC[C@@]4(O)C(C)(C)C(OC5CN(CC(N)=O)CCO5)CCC45CC35CCC21C. The van der Waals surface area contributed by atoms with Gasteiger partial charge < -0.3 is 35.1 Å². The maximum atomic E-state index is 14.0. The molecule has 7 aliphatic rings. The molecule has 1 aromatic carbocycles. The number of fused-ring (bicyclic) bond motifs is 4. The zero-order valence-corrected chi connectivity index (χ0v) is 32.9. The first-order valence-corrected chi connectivity index (χ1v) is 20.4. The number of primary amides is 1. The molecule has 0 aromatic heterocycles. The van der Waals surface area contributed by atoms with Crippen LogP contribution in [0.15, 0.2) is 18.2 Å². The predicted octanol–water partition coefficient (Wildman–Crippen LogP) is 4.77. The van der Waals surface area contributed by atoms with Gasteiger partial charge in [-0.15, -0.1) is 0 Å². The van der Waals surface area contributed by atoms with Crippen molar-refractivity contribution in [2.24, 2.45) is 50.6 Å². The van der Waals surface area contributed by atoms with Crippen molar-refractivity contribution >= 4 is 11.8 Å². The molecule has 10 nitrogen and oxygen atoms in total. The maximum absolute atomic E-state index is 14.0. The van der Waals surface area contributed by atoms with Crippen molar-refractivity contribution in [3.63, 3.8) is 0 Å². The smallest absolute Gasteiger partial charge is 0.231 e. The molecule has 2 heterocycles. The zero-order chi connectivity index (χ0) is 38.8. The molecule has 7 fully saturated rings. The van der Waals surface area contributed by atoms with Crippen molar-refractivity contribution in [3.8, 4) is 0 Å². The topological polar surface area (TPSA) is 135 Å². The molecule has 1 aromatic rings. The third kappa shape index (κ3) is 5.35. The molecule has 2 spiro atoms. The van der Waals surface area contributed by atoms with E-state index >= 15 is 0 Å². The molecule has 2 aliphatic heterocycles. The van der Waals surface area contributed by atoms with E-state index in [1.807, 2.05) is 4.90 Å². The Morgan fingerprint density at radius 1 is 1.07 bits per heavy atom. The summed E-state index contributed by atoms with van der Waals surface area (Å²) in [4.78, 5) is 28.0. The Kier molecular flexibility index (Phi) is 9.23. The van der Waals surface area contributed by atoms with Crippen LogP contribution in [-0.4, -0.2) is 101 Å². The second-order valence-electron chi connectivity index (χ2n) is 19.5. The number of hydrogen-bond donors (Lipinski definition) is 3. The van der Waals surface area contributed by atoms with Gasteiger partial charge in [-0.3, -0.25) is 14.5 Å². The lowest BCUT2D eigenvalue weighted by molar-refractivity contribution is -0.291. The molecule has 2 saturated heterocycles. The quantitative estimate of drug-likeness (QED) is 0.346. The van der Waals surface area contributed by atoms with Gasteiger partial charge >= 0.3 is 0 Å². The van der Waals surface area contributed by atoms with Crippen LogP contribution >= 0.6 is 0 Å². The van der Waals surface area contributed by atoms with Gasteiger partial charge in [-0.1, -0.05) is 34.6 Å². The molecule has 5 saturated carbocycles. The number of aliphatic hydroxyl groups excluding tert-OH is 1. The lowest BCUT2D eigenvalue weighted by Gasteiger charge is -2.66. The second-order valence-corrected chi connectivity index (χ2v) is 19.5. The summed E-state index contributed by atoms with van der Waals surface area (Å²) in [7, 11) is 0. The van der Waals surface area contributed by atoms with Gasteiger partial charge in [0, 0.05) is 48.9 Å². The lowest BCUT2D eigenvalue weighted by Crippen LogP contribution is -2.68. The van der Waals surface area contributed by atoms with Gasteiger partial charge in [-0.2, -0.15) is 0 Å². The summed E-state index contributed by atoms with van der Waals surface area (Å²) >= 11 is 0. The molecule has 8 rings (SSSR count). The molecule has 5 aliphatic carbocycles. The zero-order valence-electron chi connectivity index (χ0n) is 32.9. The maximum Gasteiger partial charge on any atom is 0.231 e. The second kappa shape index (κ2) is 12.9. The first-order chi connectivity index (χ1) is 25.3. The van der Waals surface area contributed by atoms with E-state index in [4.69, 9.17) is 19.9 Å². The number of nitrogens with two attached hydrogens (primary N) is 1. The number of carbonyl (C=O) groups excluding carboxylic acids is 2. The Morgan fingerprint density at radius 2 is 1.80 bits per heavy atom. The summed E-state index contributed by atoms with van der Waals surface area (Å²) in [6.07, 6.45) is 4.58. The third-order valence-electron chi connectivity index (χ3n) is 17.0. The molecule has 8 unspecified atom stereocenters. The summed E-state index contributed by atoms with van der Waals surface area (Å²) < 4.78 is 47.6. The number of hydrogen-bond acceptors (Lipinski definition) is 8. The van der Waals surface area contributed by atoms with E-state index in [9.17, 15) is 28.6 Å². The largest absolute Gasteiger partial charge is 0.390 e.